The van der Waals surface area contributed by atoms with Crippen molar-refractivity contribution in [2.24, 2.45) is 0 Å². The fraction of sp³-hybridized carbons (Fsp3) is 0.438. The Labute approximate surface area is 119 Å². The van der Waals surface area contributed by atoms with E-state index in [2.05, 4.69) is 17.3 Å². The van der Waals surface area contributed by atoms with Crippen LogP contribution in [0.4, 0.5) is 0 Å². The smallest absolute Gasteiger partial charge is 0.265 e. The molecule has 1 fully saturated rings. The van der Waals surface area contributed by atoms with E-state index in [0.29, 0.717) is 5.56 Å². The van der Waals surface area contributed by atoms with E-state index in [4.69, 9.17) is 5.11 Å². The van der Waals surface area contributed by atoms with Crippen molar-refractivity contribution in [2.75, 3.05) is 19.7 Å². The molecule has 1 aromatic carbocycles. The van der Waals surface area contributed by atoms with Gasteiger partial charge in [0.1, 0.15) is 6.61 Å². The lowest BCUT2D eigenvalue weighted by Gasteiger charge is -2.26. The Kier molecular flexibility index (Phi) is 5.16. The lowest BCUT2D eigenvalue weighted by molar-refractivity contribution is 0.0750. The van der Waals surface area contributed by atoms with Gasteiger partial charge in [0.15, 0.2) is 0 Å². The predicted molar refractivity (Wildman–Crippen MR) is 78.0 cm³/mol. The number of aliphatic hydroxyl groups is 1. The van der Waals surface area contributed by atoms with Crippen molar-refractivity contribution in [1.82, 2.24) is 10.4 Å². The summed E-state index contributed by atoms with van der Waals surface area (Å²) >= 11 is 0. The third kappa shape index (κ3) is 3.83. The maximum atomic E-state index is 12.2. The summed E-state index contributed by atoms with van der Waals surface area (Å²) in [5, 5.41) is 10.7. The molecule has 1 heterocycles. The highest BCUT2D eigenvalue weighted by Crippen LogP contribution is 2.11. The number of hydrogen-bond donors (Lipinski definition) is 2. The number of carbonyl (C=O) groups excluding carboxylic acids is 1. The number of carbonyl (C=O) groups is 1. The number of hydrogen-bond acceptors (Lipinski definition) is 3. The van der Waals surface area contributed by atoms with E-state index in [-0.39, 0.29) is 12.5 Å². The van der Waals surface area contributed by atoms with Crippen molar-refractivity contribution in [3.63, 3.8) is 0 Å². The third-order valence-corrected chi connectivity index (χ3v) is 3.42. The van der Waals surface area contributed by atoms with Crippen LogP contribution in [0.15, 0.2) is 18.2 Å². The fourth-order valence-electron chi connectivity index (χ4n) is 2.25. The highest BCUT2D eigenvalue weighted by atomic mass is 16.2. The maximum Gasteiger partial charge on any atom is 0.265 e. The van der Waals surface area contributed by atoms with Gasteiger partial charge in [-0.25, -0.2) is 5.01 Å². The first-order chi connectivity index (χ1) is 9.70. The van der Waals surface area contributed by atoms with Crippen LogP contribution >= 0.6 is 0 Å². The Balaban J connectivity index is 2.09. The molecule has 0 bridgehead atoms. The fourth-order valence-corrected chi connectivity index (χ4v) is 2.25. The van der Waals surface area contributed by atoms with Gasteiger partial charge in [-0.1, -0.05) is 24.3 Å². The summed E-state index contributed by atoms with van der Waals surface area (Å²) in [7, 11) is 0. The molecule has 0 aliphatic carbocycles. The van der Waals surface area contributed by atoms with Crippen LogP contribution in [-0.2, 0) is 0 Å². The highest BCUT2D eigenvalue weighted by Gasteiger charge is 2.14. The molecule has 2 rings (SSSR count). The van der Waals surface area contributed by atoms with E-state index in [1.165, 1.54) is 6.42 Å². The molecule has 0 aromatic heterocycles. The average molecular weight is 272 g/mol. The number of aryl methyl sites for hydroxylation is 1. The van der Waals surface area contributed by atoms with E-state index in [1.54, 1.807) is 12.1 Å². The Morgan fingerprint density at radius 1 is 1.35 bits per heavy atom. The van der Waals surface area contributed by atoms with Crippen molar-refractivity contribution < 1.29 is 9.90 Å². The number of nitrogens with zero attached hydrogens (tertiary/aromatic N) is 1. The van der Waals surface area contributed by atoms with E-state index >= 15 is 0 Å². The van der Waals surface area contributed by atoms with Crippen LogP contribution in [0.5, 0.6) is 0 Å². The zero-order valence-corrected chi connectivity index (χ0v) is 11.8. The number of amides is 1. The van der Waals surface area contributed by atoms with Gasteiger partial charge in [0.2, 0.25) is 0 Å². The predicted octanol–water partition coefficient (Wildman–Crippen LogP) is 1.47. The van der Waals surface area contributed by atoms with Crippen LogP contribution < -0.4 is 5.43 Å². The molecule has 0 spiro atoms. The van der Waals surface area contributed by atoms with Gasteiger partial charge in [-0.2, -0.15) is 0 Å². The van der Waals surface area contributed by atoms with Gasteiger partial charge in [-0.15, -0.1) is 0 Å². The zero-order chi connectivity index (χ0) is 14.4. The minimum atomic E-state index is -0.177. The number of benzene rings is 1. The van der Waals surface area contributed by atoms with E-state index < -0.39 is 0 Å². The van der Waals surface area contributed by atoms with Crippen LogP contribution in [0.3, 0.4) is 0 Å². The standard InChI is InChI=1S/C16H20N2O2/c1-13-7-8-15(12-14(13)6-5-11-19)16(20)17-18-9-3-2-4-10-18/h7-8,12,19H,2-4,9-11H2,1H3,(H,17,20). The second kappa shape index (κ2) is 7.09. The highest BCUT2D eigenvalue weighted by molar-refractivity contribution is 5.94. The minimum absolute atomic E-state index is 0.0982. The third-order valence-electron chi connectivity index (χ3n) is 3.42. The number of nitrogens with one attached hydrogen (secondary N) is 1. The van der Waals surface area contributed by atoms with Crippen LogP contribution in [0.25, 0.3) is 0 Å². The second-order valence-corrected chi connectivity index (χ2v) is 4.98. The SMILES string of the molecule is Cc1ccc(C(=O)NN2CCCCC2)cc1C#CCO. The zero-order valence-electron chi connectivity index (χ0n) is 11.8. The van der Waals surface area contributed by atoms with Crippen molar-refractivity contribution in [1.29, 1.82) is 0 Å². The van der Waals surface area contributed by atoms with Gasteiger partial charge in [0, 0.05) is 24.2 Å². The summed E-state index contributed by atoms with van der Waals surface area (Å²) in [4.78, 5) is 12.2. The van der Waals surface area contributed by atoms with E-state index in [9.17, 15) is 4.79 Å². The van der Waals surface area contributed by atoms with E-state index in [1.807, 2.05) is 18.0 Å². The Morgan fingerprint density at radius 3 is 2.80 bits per heavy atom. The molecule has 106 valence electrons. The lowest BCUT2D eigenvalue weighted by atomic mass is 10.0. The van der Waals surface area contributed by atoms with Crippen molar-refractivity contribution in [2.45, 2.75) is 26.2 Å². The summed E-state index contributed by atoms with van der Waals surface area (Å²) in [5.74, 6) is 5.39. The van der Waals surface area contributed by atoms with Crippen LogP contribution in [0.2, 0.25) is 0 Å². The number of rotatable bonds is 2. The topological polar surface area (TPSA) is 52.6 Å². The molecule has 0 unspecified atom stereocenters. The molecule has 20 heavy (non-hydrogen) atoms. The molecule has 1 amide bonds. The normalized spacial score (nSPS) is 15.3. The summed E-state index contributed by atoms with van der Waals surface area (Å²) < 4.78 is 0. The molecule has 1 saturated heterocycles. The summed E-state index contributed by atoms with van der Waals surface area (Å²) in [6, 6.07) is 5.46. The van der Waals surface area contributed by atoms with Crippen LogP contribution in [0, 0.1) is 18.8 Å². The Hall–Kier alpha value is -1.83. The molecule has 0 radical (unpaired) electrons. The Bertz CT molecular complexity index is 537. The molecule has 2 N–H and O–H groups in total. The van der Waals surface area contributed by atoms with Crippen molar-refractivity contribution >= 4 is 5.91 Å². The molecular weight excluding hydrogens is 252 g/mol. The number of aliphatic hydroxyl groups excluding tert-OH is 1. The first-order valence-electron chi connectivity index (χ1n) is 6.97. The van der Waals surface area contributed by atoms with Gasteiger partial charge in [0.25, 0.3) is 5.91 Å². The van der Waals surface area contributed by atoms with Crippen molar-refractivity contribution in [3.8, 4) is 11.8 Å². The first-order valence-corrected chi connectivity index (χ1v) is 6.97. The monoisotopic (exact) mass is 272 g/mol. The number of hydrazine groups is 1. The van der Waals surface area contributed by atoms with Gasteiger partial charge in [-0.05, 0) is 37.5 Å². The summed E-state index contributed by atoms with van der Waals surface area (Å²) in [5.41, 5.74) is 5.32. The molecule has 1 aliphatic heterocycles. The summed E-state index contributed by atoms with van der Waals surface area (Å²) in [6.45, 7) is 3.58. The quantitative estimate of drug-likeness (QED) is 0.802. The first kappa shape index (κ1) is 14.6. The molecular formula is C16H20N2O2. The average Bonchev–Trinajstić information content (AvgIpc) is 2.47. The molecule has 4 nitrogen and oxygen atoms in total. The summed E-state index contributed by atoms with van der Waals surface area (Å²) in [6.07, 6.45) is 3.49. The second-order valence-electron chi connectivity index (χ2n) is 4.98. The van der Waals surface area contributed by atoms with Crippen LogP contribution in [0.1, 0.15) is 40.7 Å². The molecule has 0 saturated carbocycles. The maximum absolute atomic E-state index is 12.2. The van der Waals surface area contributed by atoms with Gasteiger partial charge >= 0.3 is 0 Å². The molecule has 0 atom stereocenters. The minimum Gasteiger partial charge on any atom is -0.384 e. The van der Waals surface area contributed by atoms with Gasteiger partial charge < -0.3 is 5.11 Å². The molecule has 1 aliphatic rings. The number of piperidine rings is 1. The Morgan fingerprint density at radius 2 is 2.10 bits per heavy atom. The van der Waals surface area contributed by atoms with Crippen molar-refractivity contribution in [3.05, 3.63) is 34.9 Å². The lowest BCUT2D eigenvalue weighted by Crippen LogP contribution is -2.45. The van der Waals surface area contributed by atoms with E-state index in [0.717, 1.165) is 37.1 Å². The van der Waals surface area contributed by atoms with Gasteiger partial charge in [-0.3, -0.25) is 10.2 Å². The molecule has 4 heteroatoms. The molecule has 1 aromatic rings. The van der Waals surface area contributed by atoms with Gasteiger partial charge in [0.05, 0.1) is 0 Å². The largest absolute Gasteiger partial charge is 0.384 e. The van der Waals surface area contributed by atoms with Crippen LogP contribution in [-0.4, -0.2) is 35.7 Å².